The molecule has 2 aliphatic rings. The monoisotopic (exact) mass is 468 g/mol. The van der Waals surface area contributed by atoms with Crippen LogP contribution in [0.3, 0.4) is 0 Å². The van der Waals surface area contributed by atoms with Crippen LogP contribution in [-0.4, -0.2) is 68.7 Å². The molecule has 4 rings (SSSR count). The van der Waals surface area contributed by atoms with E-state index in [1.165, 1.54) is 0 Å². The molecule has 2 aromatic carbocycles. The molecular weight excluding hydrogens is 440 g/mol. The highest BCUT2D eigenvalue weighted by Gasteiger charge is 2.34. The molecule has 2 aromatic rings. The Labute approximate surface area is 197 Å². The molecule has 0 radical (unpaired) electrons. The van der Waals surface area contributed by atoms with Crippen LogP contribution in [0.25, 0.3) is 11.1 Å². The van der Waals surface area contributed by atoms with Gasteiger partial charge in [0.15, 0.2) is 6.10 Å². The van der Waals surface area contributed by atoms with E-state index in [1.54, 1.807) is 0 Å². The van der Waals surface area contributed by atoms with Gasteiger partial charge in [-0.1, -0.05) is 48.5 Å². The molecule has 34 heavy (non-hydrogen) atoms. The molecule has 1 saturated heterocycles. The maximum absolute atomic E-state index is 12.1. The molecule has 9 heteroatoms. The van der Waals surface area contributed by atoms with Gasteiger partial charge in [0, 0.05) is 31.5 Å². The van der Waals surface area contributed by atoms with Crippen molar-refractivity contribution < 1.29 is 33.7 Å². The molecule has 1 aliphatic heterocycles. The number of carboxylic acids is 1. The molecular formula is C25H28N2O7. The zero-order valence-electron chi connectivity index (χ0n) is 18.7. The second-order valence-electron chi connectivity index (χ2n) is 8.29. The number of carbonyl (C=O) groups excluding carboxylic acids is 2. The fourth-order valence-corrected chi connectivity index (χ4v) is 4.45. The van der Waals surface area contributed by atoms with E-state index in [0.717, 1.165) is 22.3 Å². The molecule has 0 spiro atoms. The molecule has 9 nitrogen and oxygen atoms in total. The first kappa shape index (κ1) is 23.7. The minimum Gasteiger partial charge on any atom is -0.479 e. The lowest BCUT2D eigenvalue weighted by Gasteiger charge is -2.15. The average molecular weight is 469 g/mol. The highest BCUT2D eigenvalue weighted by molar-refractivity contribution is 5.79. The number of alkyl carbamates (subject to hydrolysis) is 1. The Hall–Kier alpha value is -3.43. The first-order valence-electron chi connectivity index (χ1n) is 11.3. The number of amides is 2. The number of nitrogens with one attached hydrogen (secondary N) is 2. The standard InChI is InChI=1S/C25H28N2O7/c28-22(27-13-16-9-11-33-23(16)24(29)30)15-32-12-10-26-25(31)34-14-21-19-7-3-1-5-17(19)18-6-2-4-8-20(18)21/h1-8,16,21,23H,9-15H2,(H,26,31)(H,27,28)(H,29,30)/t16-,23-/m1/s1. The predicted molar refractivity (Wildman–Crippen MR) is 122 cm³/mol. The van der Waals surface area contributed by atoms with E-state index < -0.39 is 18.2 Å². The van der Waals surface area contributed by atoms with Gasteiger partial charge in [0.05, 0.1) is 6.61 Å². The summed E-state index contributed by atoms with van der Waals surface area (Å²) >= 11 is 0. The fraction of sp³-hybridized carbons (Fsp3) is 0.400. The number of benzene rings is 2. The molecule has 0 aromatic heterocycles. The minimum absolute atomic E-state index is 0.0101. The second kappa shape index (κ2) is 11.1. The average Bonchev–Trinajstić information content (AvgIpc) is 3.44. The highest BCUT2D eigenvalue weighted by Crippen LogP contribution is 2.44. The molecule has 1 heterocycles. The normalized spacial score (nSPS) is 18.7. The Balaban J connectivity index is 1.12. The Morgan fingerprint density at radius 2 is 1.68 bits per heavy atom. The SMILES string of the molecule is O=C(COCCNC(=O)OCC1c2ccccc2-c2ccccc21)NC[C@H]1CCO[C@H]1C(=O)O. The number of rotatable bonds is 10. The van der Waals surface area contributed by atoms with E-state index in [4.69, 9.17) is 19.3 Å². The van der Waals surface area contributed by atoms with E-state index in [0.29, 0.717) is 13.0 Å². The Morgan fingerprint density at radius 1 is 1.00 bits per heavy atom. The van der Waals surface area contributed by atoms with Crippen molar-refractivity contribution in [1.82, 2.24) is 10.6 Å². The lowest BCUT2D eigenvalue weighted by molar-refractivity contribution is -0.149. The molecule has 3 N–H and O–H groups in total. The number of hydrogen-bond donors (Lipinski definition) is 3. The summed E-state index contributed by atoms with van der Waals surface area (Å²) in [5.41, 5.74) is 4.62. The molecule has 180 valence electrons. The molecule has 2 amide bonds. The van der Waals surface area contributed by atoms with Crippen LogP contribution in [0.4, 0.5) is 4.79 Å². The Bertz CT molecular complexity index is 996. The maximum Gasteiger partial charge on any atom is 0.407 e. The summed E-state index contributed by atoms with van der Waals surface area (Å²) < 4.78 is 15.9. The van der Waals surface area contributed by atoms with E-state index in [-0.39, 0.29) is 50.7 Å². The van der Waals surface area contributed by atoms with Gasteiger partial charge in [-0.25, -0.2) is 9.59 Å². The minimum atomic E-state index is -1.02. The van der Waals surface area contributed by atoms with Crippen molar-refractivity contribution in [1.29, 1.82) is 0 Å². The highest BCUT2D eigenvalue weighted by atomic mass is 16.5. The van der Waals surface area contributed by atoms with Crippen molar-refractivity contribution in [2.75, 3.05) is 39.5 Å². The van der Waals surface area contributed by atoms with Crippen molar-refractivity contribution >= 4 is 18.0 Å². The fourth-order valence-electron chi connectivity index (χ4n) is 4.45. The molecule has 1 fully saturated rings. The summed E-state index contributed by atoms with van der Waals surface area (Å²) in [6, 6.07) is 16.2. The summed E-state index contributed by atoms with van der Waals surface area (Å²) in [4.78, 5) is 35.1. The number of carbonyl (C=O) groups is 3. The molecule has 2 atom stereocenters. The van der Waals surface area contributed by atoms with Gasteiger partial charge < -0.3 is 30.0 Å². The molecule has 1 aliphatic carbocycles. The van der Waals surface area contributed by atoms with Crippen LogP contribution >= 0.6 is 0 Å². The Kier molecular flexibility index (Phi) is 7.76. The van der Waals surface area contributed by atoms with Gasteiger partial charge in [0.2, 0.25) is 5.91 Å². The smallest absolute Gasteiger partial charge is 0.407 e. The lowest BCUT2D eigenvalue weighted by Crippen LogP contribution is -2.38. The first-order chi connectivity index (χ1) is 16.5. The quantitative estimate of drug-likeness (QED) is 0.457. The van der Waals surface area contributed by atoms with Crippen LogP contribution in [-0.2, 0) is 23.8 Å². The zero-order chi connectivity index (χ0) is 23.9. The number of fused-ring (bicyclic) bond motifs is 3. The van der Waals surface area contributed by atoms with Gasteiger partial charge in [-0.05, 0) is 28.7 Å². The van der Waals surface area contributed by atoms with E-state index in [9.17, 15) is 14.4 Å². The van der Waals surface area contributed by atoms with Gasteiger partial charge in [-0.15, -0.1) is 0 Å². The van der Waals surface area contributed by atoms with Gasteiger partial charge in [-0.3, -0.25) is 4.79 Å². The summed E-state index contributed by atoms with van der Waals surface area (Å²) in [6.45, 7) is 0.971. The van der Waals surface area contributed by atoms with Crippen molar-refractivity contribution in [3.63, 3.8) is 0 Å². The van der Waals surface area contributed by atoms with Crippen molar-refractivity contribution in [2.45, 2.75) is 18.4 Å². The van der Waals surface area contributed by atoms with E-state index >= 15 is 0 Å². The number of aliphatic carboxylic acids is 1. The van der Waals surface area contributed by atoms with Gasteiger partial charge in [0.25, 0.3) is 0 Å². The second-order valence-corrected chi connectivity index (χ2v) is 8.29. The van der Waals surface area contributed by atoms with Gasteiger partial charge in [-0.2, -0.15) is 0 Å². The summed E-state index contributed by atoms with van der Waals surface area (Å²) in [7, 11) is 0. The van der Waals surface area contributed by atoms with Crippen LogP contribution in [0.2, 0.25) is 0 Å². The number of ether oxygens (including phenoxy) is 3. The topological polar surface area (TPSA) is 123 Å². The van der Waals surface area contributed by atoms with E-state index in [2.05, 4.69) is 34.9 Å². The third-order valence-electron chi connectivity index (χ3n) is 6.11. The summed E-state index contributed by atoms with van der Waals surface area (Å²) in [5, 5.41) is 14.4. The van der Waals surface area contributed by atoms with Crippen LogP contribution < -0.4 is 10.6 Å². The Morgan fingerprint density at radius 3 is 2.35 bits per heavy atom. The first-order valence-corrected chi connectivity index (χ1v) is 11.3. The van der Waals surface area contributed by atoms with Crippen LogP contribution in [0.15, 0.2) is 48.5 Å². The maximum atomic E-state index is 12.1. The van der Waals surface area contributed by atoms with E-state index in [1.807, 2.05) is 24.3 Å². The zero-order valence-corrected chi connectivity index (χ0v) is 18.7. The van der Waals surface area contributed by atoms with Crippen molar-refractivity contribution in [3.8, 4) is 11.1 Å². The molecule has 0 unspecified atom stereocenters. The van der Waals surface area contributed by atoms with Crippen LogP contribution in [0, 0.1) is 5.92 Å². The lowest BCUT2D eigenvalue weighted by atomic mass is 9.98. The largest absolute Gasteiger partial charge is 0.479 e. The van der Waals surface area contributed by atoms with Crippen LogP contribution in [0.5, 0.6) is 0 Å². The van der Waals surface area contributed by atoms with Crippen molar-refractivity contribution in [3.05, 3.63) is 59.7 Å². The predicted octanol–water partition coefficient (Wildman–Crippen LogP) is 2.15. The third-order valence-corrected chi connectivity index (χ3v) is 6.11. The van der Waals surface area contributed by atoms with Gasteiger partial charge in [0.1, 0.15) is 13.2 Å². The number of carboxylic acid groups (broad SMARTS) is 1. The van der Waals surface area contributed by atoms with Gasteiger partial charge >= 0.3 is 12.1 Å². The number of hydrogen-bond acceptors (Lipinski definition) is 6. The third kappa shape index (κ3) is 5.55. The molecule has 0 bridgehead atoms. The van der Waals surface area contributed by atoms with Crippen molar-refractivity contribution in [2.24, 2.45) is 5.92 Å². The summed E-state index contributed by atoms with van der Waals surface area (Å²) in [6.07, 6.45) is -0.846. The summed E-state index contributed by atoms with van der Waals surface area (Å²) in [5.74, 6) is -1.63. The molecule has 0 saturated carbocycles. The van der Waals surface area contributed by atoms with Crippen LogP contribution in [0.1, 0.15) is 23.5 Å².